The van der Waals surface area contributed by atoms with Crippen molar-refractivity contribution in [3.63, 3.8) is 0 Å². The van der Waals surface area contributed by atoms with Crippen molar-refractivity contribution in [2.24, 2.45) is 5.73 Å². The number of ether oxygens (including phenoxy) is 1. The van der Waals surface area contributed by atoms with Crippen LogP contribution in [0.1, 0.15) is 5.56 Å². The molecule has 110 valence electrons. The second-order valence-electron chi connectivity index (χ2n) is 4.24. The van der Waals surface area contributed by atoms with Gasteiger partial charge in [-0.2, -0.15) is 0 Å². The summed E-state index contributed by atoms with van der Waals surface area (Å²) in [5.41, 5.74) is 11.4. The van der Waals surface area contributed by atoms with E-state index in [4.69, 9.17) is 11.5 Å². The third kappa shape index (κ3) is 3.85. The fraction of sp³-hybridized carbons (Fsp3) is 0.0714. The Morgan fingerprint density at radius 1 is 1.24 bits per heavy atom. The summed E-state index contributed by atoms with van der Waals surface area (Å²) in [7, 11) is 0. The van der Waals surface area contributed by atoms with E-state index in [0.717, 1.165) is 10.0 Å². The predicted molar refractivity (Wildman–Crippen MR) is 82.5 cm³/mol. The van der Waals surface area contributed by atoms with E-state index in [1.165, 1.54) is 12.1 Å². The Morgan fingerprint density at radius 3 is 2.52 bits per heavy atom. The monoisotopic (exact) mass is 353 g/mol. The zero-order valence-corrected chi connectivity index (χ0v) is 12.5. The Labute approximate surface area is 129 Å². The van der Waals surface area contributed by atoms with Crippen molar-refractivity contribution in [2.75, 3.05) is 11.1 Å². The molecule has 1 amide bonds. The molecule has 0 aliphatic carbocycles. The highest BCUT2D eigenvalue weighted by Gasteiger charge is 2.13. The van der Waals surface area contributed by atoms with Crippen LogP contribution in [-0.4, -0.2) is 6.09 Å². The Kier molecular flexibility index (Phi) is 4.64. The number of nitrogens with one attached hydrogen (secondary N) is 1. The number of nitrogen functional groups attached to an aromatic ring is 1. The van der Waals surface area contributed by atoms with Crippen molar-refractivity contribution in [1.82, 2.24) is 0 Å². The van der Waals surface area contributed by atoms with Gasteiger partial charge in [-0.05, 0) is 29.8 Å². The average molecular weight is 354 g/mol. The van der Waals surface area contributed by atoms with E-state index in [9.17, 15) is 9.18 Å². The van der Waals surface area contributed by atoms with E-state index in [1.807, 2.05) is 24.3 Å². The van der Waals surface area contributed by atoms with Crippen LogP contribution in [0.15, 0.2) is 40.9 Å². The molecule has 21 heavy (non-hydrogen) atoms. The fourth-order valence-corrected chi connectivity index (χ4v) is 1.97. The number of halogens is 2. The van der Waals surface area contributed by atoms with Crippen LogP contribution in [0.3, 0.4) is 0 Å². The van der Waals surface area contributed by atoms with E-state index in [2.05, 4.69) is 26.0 Å². The first-order valence-corrected chi connectivity index (χ1v) is 6.80. The van der Waals surface area contributed by atoms with Crippen LogP contribution in [-0.2, 0) is 6.54 Å². The molecule has 0 aromatic heterocycles. The van der Waals surface area contributed by atoms with Gasteiger partial charge in [0, 0.05) is 11.0 Å². The molecule has 0 saturated carbocycles. The van der Waals surface area contributed by atoms with Crippen LogP contribution >= 0.6 is 15.9 Å². The Balaban J connectivity index is 2.12. The lowest BCUT2D eigenvalue weighted by atomic mass is 10.2. The molecule has 0 aliphatic rings. The smallest absolute Gasteiger partial charge is 0.408 e. The second kappa shape index (κ2) is 6.45. The van der Waals surface area contributed by atoms with Gasteiger partial charge < -0.3 is 21.5 Å². The Bertz CT molecular complexity index is 662. The van der Waals surface area contributed by atoms with Gasteiger partial charge in [0.25, 0.3) is 0 Å². The number of rotatable bonds is 4. The van der Waals surface area contributed by atoms with E-state index in [-0.39, 0.29) is 17.1 Å². The normalized spacial score (nSPS) is 10.2. The first-order valence-electron chi connectivity index (χ1n) is 6.01. The molecule has 2 aromatic carbocycles. The highest BCUT2D eigenvalue weighted by Crippen LogP contribution is 2.30. The van der Waals surface area contributed by atoms with Crippen molar-refractivity contribution >= 4 is 33.4 Å². The molecule has 0 heterocycles. The molecular weight excluding hydrogens is 341 g/mol. The van der Waals surface area contributed by atoms with Crippen molar-refractivity contribution < 1.29 is 13.9 Å². The van der Waals surface area contributed by atoms with E-state index in [1.54, 1.807) is 0 Å². The number of primary amides is 1. The number of amides is 1. The summed E-state index contributed by atoms with van der Waals surface area (Å²) in [6, 6.07) is 10.4. The van der Waals surface area contributed by atoms with Crippen LogP contribution < -0.4 is 21.5 Å². The molecule has 2 aromatic rings. The maximum atomic E-state index is 14.1. The average Bonchev–Trinajstić information content (AvgIpc) is 2.44. The molecule has 0 fully saturated rings. The third-order valence-electron chi connectivity index (χ3n) is 2.75. The molecule has 2 rings (SSSR count). The maximum absolute atomic E-state index is 14.1. The molecule has 0 spiro atoms. The van der Waals surface area contributed by atoms with Crippen LogP contribution in [0, 0.1) is 5.82 Å². The summed E-state index contributed by atoms with van der Waals surface area (Å²) >= 11 is 3.34. The Morgan fingerprint density at radius 2 is 1.90 bits per heavy atom. The second-order valence-corrected chi connectivity index (χ2v) is 5.16. The lowest BCUT2D eigenvalue weighted by Crippen LogP contribution is -2.17. The van der Waals surface area contributed by atoms with Gasteiger partial charge in [0.1, 0.15) is 5.69 Å². The SMILES string of the molecule is NC(=O)Oc1ccc(NCc2ccc(Br)cc2)c(F)c1N. The molecule has 5 N–H and O–H groups in total. The minimum atomic E-state index is -1.04. The van der Waals surface area contributed by atoms with Crippen LogP contribution in [0.5, 0.6) is 5.75 Å². The molecule has 0 atom stereocenters. The lowest BCUT2D eigenvalue weighted by molar-refractivity contribution is 0.211. The van der Waals surface area contributed by atoms with E-state index in [0.29, 0.717) is 6.54 Å². The summed E-state index contributed by atoms with van der Waals surface area (Å²) < 4.78 is 19.6. The topological polar surface area (TPSA) is 90.4 Å². The maximum Gasteiger partial charge on any atom is 0.410 e. The van der Waals surface area contributed by atoms with E-state index < -0.39 is 11.9 Å². The number of carbonyl (C=O) groups is 1. The summed E-state index contributed by atoms with van der Waals surface area (Å²) in [5, 5.41) is 2.93. The Hall–Kier alpha value is -2.28. The molecule has 0 radical (unpaired) electrons. The zero-order valence-electron chi connectivity index (χ0n) is 10.9. The standard InChI is InChI=1S/C14H13BrFN3O2/c15-9-3-1-8(2-4-9)7-19-10-5-6-11(21-14(18)20)13(17)12(10)16/h1-6,19H,7,17H2,(H2,18,20). The molecular formula is C14H13BrFN3O2. The highest BCUT2D eigenvalue weighted by molar-refractivity contribution is 9.10. The van der Waals surface area contributed by atoms with Crippen LogP contribution in [0.25, 0.3) is 0 Å². The molecule has 0 bridgehead atoms. The number of anilines is 2. The highest BCUT2D eigenvalue weighted by atomic mass is 79.9. The summed E-state index contributed by atoms with van der Waals surface area (Å²) in [4.78, 5) is 10.7. The van der Waals surface area contributed by atoms with Crippen molar-refractivity contribution in [1.29, 1.82) is 0 Å². The third-order valence-corrected chi connectivity index (χ3v) is 3.28. The number of nitrogens with two attached hydrogens (primary N) is 2. The molecule has 0 unspecified atom stereocenters. The molecule has 7 heteroatoms. The van der Waals surface area contributed by atoms with Gasteiger partial charge in [0.15, 0.2) is 11.6 Å². The molecule has 0 saturated heterocycles. The van der Waals surface area contributed by atoms with Crippen LogP contribution in [0.2, 0.25) is 0 Å². The minimum Gasteiger partial charge on any atom is -0.408 e. The van der Waals surface area contributed by atoms with Gasteiger partial charge in [-0.3, -0.25) is 0 Å². The number of carbonyl (C=O) groups excluding carboxylic acids is 1. The number of hydrogen-bond acceptors (Lipinski definition) is 4. The fourth-order valence-electron chi connectivity index (χ4n) is 1.71. The lowest BCUT2D eigenvalue weighted by Gasteiger charge is -2.12. The number of hydrogen-bond donors (Lipinski definition) is 3. The van der Waals surface area contributed by atoms with Gasteiger partial charge in [0.2, 0.25) is 0 Å². The number of benzene rings is 2. The summed E-state index contributed by atoms with van der Waals surface area (Å²) in [6.45, 7) is 0.430. The van der Waals surface area contributed by atoms with Gasteiger partial charge in [-0.1, -0.05) is 28.1 Å². The van der Waals surface area contributed by atoms with Crippen molar-refractivity contribution in [3.8, 4) is 5.75 Å². The first kappa shape index (κ1) is 15.1. The zero-order chi connectivity index (χ0) is 15.4. The van der Waals surface area contributed by atoms with Gasteiger partial charge in [-0.15, -0.1) is 0 Å². The molecule has 5 nitrogen and oxygen atoms in total. The van der Waals surface area contributed by atoms with Crippen molar-refractivity contribution in [3.05, 3.63) is 52.3 Å². The first-order chi connectivity index (χ1) is 9.97. The van der Waals surface area contributed by atoms with Gasteiger partial charge in [0.05, 0.1) is 5.69 Å². The summed E-state index contributed by atoms with van der Waals surface area (Å²) in [6.07, 6.45) is -1.04. The quantitative estimate of drug-likeness (QED) is 0.736. The molecule has 0 aliphatic heterocycles. The van der Waals surface area contributed by atoms with Crippen LogP contribution in [0.4, 0.5) is 20.6 Å². The van der Waals surface area contributed by atoms with Gasteiger partial charge >= 0.3 is 6.09 Å². The minimum absolute atomic E-state index is 0.103. The van der Waals surface area contributed by atoms with Gasteiger partial charge in [-0.25, -0.2) is 9.18 Å². The van der Waals surface area contributed by atoms with Crippen molar-refractivity contribution in [2.45, 2.75) is 6.54 Å². The summed E-state index contributed by atoms with van der Waals surface area (Å²) in [5.74, 6) is -0.792. The largest absolute Gasteiger partial charge is 0.410 e. The predicted octanol–water partition coefficient (Wildman–Crippen LogP) is 3.24. The van der Waals surface area contributed by atoms with E-state index >= 15 is 0 Å².